The molecule has 2 heterocycles. The molecular formula is C8H5N3S2. The van der Waals surface area contributed by atoms with Crippen molar-refractivity contribution in [2.75, 3.05) is 5.73 Å². The maximum atomic E-state index is 5.64. The quantitative estimate of drug-likeness (QED) is 0.616. The molecule has 0 spiro atoms. The topological polar surface area (TPSA) is 51.8 Å². The average Bonchev–Trinajstić information content (AvgIpc) is 2.65. The molecule has 0 saturated heterocycles. The van der Waals surface area contributed by atoms with E-state index < -0.39 is 0 Å². The number of hydrogen-bond acceptors (Lipinski definition) is 5. The second-order valence-corrected chi connectivity index (χ2v) is 4.58. The van der Waals surface area contributed by atoms with Crippen LogP contribution in [0.15, 0.2) is 17.6 Å². The van der Waals surface area contributed by atoms with Crippen LogP contribution >= 0.6 is 22.7 Å². The van der Waals surface area contributed by atoms with Crippen LogP contribution in [0.4, 0.5) is 5.13 Å². The van der Waals surface area contributed by atoms with Gasteiger partial charge in [-0.1, -0.05) is 11.3 Å². The molecule has 64 valence electrons. The van der Waals surface area contributed by atoms with Gasteiger partial charge in [0, 0.05) is 0 Å². The van der Waals surface area contributed by atoms with E-state index in [1.54, 1.807) is 11.3 Å². The summed E-state index contributed by atoms with van der Waals surface area (Å²) >= 11 is 3.12. The number of anilines is 1. The van der Waals surface area contributed by atoms with E-state index in [1.165, 1.54) is 11.3 Å². The van der Waals surface area contributed by atoms with Gasteiger partial charge in [-0.3, -0.25) is 0 Å². The van der Waals surface area contributed by atoms with Gasteiger partial charge in [-0.2, -0.15) is 0 Å². The number of rotatable bonds is 0. The largest absolute Gasteiger partial charge is 0.375 e. The number of nitrogens with two attached hydrogens (primary N) is 1. The number of benzene rings is 1. The Kier molecular flexibility index (Phi) is 1.33. The number of fused-ring (bicyclic) bond motifs is 3. The second-order valence-electron chi connectivity index (χ2n) is 2.67. The van der Waals surface area contributed by atoms with Crippen molar-refractivity contribution in [1.29, 1.82) is 0 Å². The molecule has 5 heteroatoms. The minimum Gasteiger partial charge on any atom is -0.375 e. The van der Waals surface area contributed by atoms with E-state index in [0.29, 0.717) is 5.13 Å². The summed E-state index contributed by atoms with van der Waals surface area (Å²) in [4.78, 5) is 8.50. The Morgan fingerprint density at radius 3 is 3.15 bits per heavy atom. The number of aromatic nitrogens is 2. The summed E-state index contributed by atoms with van der Waals surface area (Å²) in [7, 11) is 0. The Hall–Kier alpha value is -1.20. The summed E-state index contributed by atoms with van der Waals surface area (Å²) in [5.74, 6) is 0. The zero-order valence-electron chi connectivity index (χ0n) is 6.52. The smallest absolute Gasteiger partial charge is 0.181 e. The highest BCUT2D eigenvalue weighted by Gasteiger charge is 2.06. The summed E-state index contributed by atoms with van der Waals surface area (Å²) in [6.07, 6.45) is 0. The van der Waals surface area contributed by atoms with E-state index in [2.05, 4.69) is 9.97 Å². The van der Waals surface area contributed by atoms with Crippen LogP contribution in [0.5, 0.6) is 0 Å². The molecule has 0 saturated carbocycles. The number of nitrogens with zero attached hydrogens (tertiary/aromatic N) is 2. The van der Waals surface area contributed by atoms with Gasteiger partial charge in [0.15, 0.2) is 5.13 Å². The standard InChI is InChI=1S/C8H5N3S2/c9-8-11-6-5(13-8)2-1-4-7(6)12-3-10-4/h1-3H,(H2,9,11). The van der Waals surface area contributed by atoms with Crippen molar-refractivity contribution in [3.63, 3.8) is 0 Å². The average molecular weight is 207 g/mol. The highest BCUT2D eigenvalue weighted by atomic mass is 32.1. The minimum atomic E-state index is 0.621. The van der Waals surface area contributed by atoms with E-state index in [9.17, 15) is 0 Å². The van der Waals surface area contributed by atoms with Crippen molar-refractivity contribution >= 4 is 48.2 Å². The van der Waals surface area contributed by atoms with Gasteiger partial charge in [0.05, 0.1) is 20.4 Å². The zero-order chi connectivity index (χ0) is 8.84. The lowest BCUT2D eigenvalue weighted by Crippen LogP contribution is -1.79. The molecule has 0 aliphatic rings. The molecule has 2 N–H and O–H groups in total. The Balaban J connectivity index is 2.64. The summed E-state index contributed by atoms with van der Waals surface area (Å²) in [6.45, 7) is 0. The maximum absolute atomic E-state index is 5.64. The van der Waals surface area contributed by atoms with Gasteiger partial charge in [0.2, 0.25) is 0 Å². The molecule has 3 aromatic rings. The first-order valence-electron chi connectivity index (χ1n) is 3.73. The van der Waals surface area contributed by atoms with Crippen LogP contribution in [0.3, 0.4) is 0 Å². The third-order valence-electron chi connectivity index (χ3n) is 1.87. The molecule has 0 atom stereocenters. The van der Waals surface area contributed by atoms with E-state index in [-0.39, 0.29) is 0 Å². The molecule has 3 rings (SSSR count). The Morgan fingerprint density at radius 2 is 2.23 bits per heavy atom. The van der Waals surface area contributed by atoms with Crippen LogP contribution in [-0.2, 0) is 0 Å². The van der Waals surface area contributed by atoms with Crippen molar-refractivity contribution in [1.82, 2.24) is 9.97 Å². The van der Waals surface area contributed by atoms with E-state index >= 15 is 0 Å². The third kappa shape index (κ3) is 0.942. The van der Waals surface area contributed by atoms with Crippen LogP contribution < -0.4 is 5.73 Å². The predicted octanol–water partition coefficient (Wildman–Crippen LogP) is 2.49. The Bertz CT molecular complexity index is 581. The summed E-state index contributed by atoms with van der Waals surface area (Å²) in [6, 6.07) is 4.03. The van der Waals surface area contributed by atoms with Crippen molar-refractivity contribution in [3.05, 3.63) is 17.6 Å². The van der Waals surface area contributed by atoms with Crippen LogP contribution in [0, 0.1) is 0 Å². The number of thiazole rings is 2. The fourth-order valence-electron chi connectivity index (χ4n) is 1.33. The predicted molar refractivity (Wildman–Crippen MR) is 57.2 cm³/mol. The molecule has 0 unspecified atom stereocenters. The first kappa shape index (κ1) is 7.23. The fraction of sp³-hybridized carbons (Fsp3) is 0. The zero-order valence-corrected chi connectivity index (χ0v) is 8.15. The minimum absolute atomic E-state index is 0.621. The molecule has 0 bridgehead atoms. The van der Waals surface area contributed by atoms with Gasteiger partial charge >= 0.3 is 0 Å². The van der Waals surface area contributed by atoms with Gasteiger partial charge in [0.1, 0.15) is 5.52 Å². The maximum Gasteiger partial charge on any atom is 0.181 e. The van der Waals surface area contributed by atoms with E-state index in [1.807, 2.05) is 17.6 Å². The molecule has 0 fully saturated rings. The summed E-state index contributed by atoms with van der Waals surface area (Å²) < 4.78 is 2.26. The van der Waals surface area contributed by atoms with Crippen LogP contribution in [0.1, 0.15) is 0 Å². The molecular weight excluding hydrogens is 202 g/mol. The molecule has 2 aromatic heterocycles. The Morgan fingerprint density at radius 1 is 1.31 bits per heavy atom. The lowest BCUT2D eigenvalue weighted by molar-refractivity contribution is 1.49. The van der Waals surface area contributed by atoms with Gasteiger partial charge in [-0.15, -0.1) is 11.3 Å². The number of hydrogen-bond donors (Lipinski definition) is 1. The van der Waals surface area contributed by atoms with Crippen molar-refractivity contribution in [3.8, 4) is 0 Å². The second kappa shape index (κ2) is 2.40. The molecule has 0 radical (unpaired) electrons. The van der Waals surface area contributed by atoms with Crippen LogP contribution in [-0.4, -0.2) is 9.97 Å². The van der Waals surface area contributed by atoms with Crippen molar-refractivity contribution in [2.45, 2.75) is 0 Å². The normalized spacial score (nSPS) is 11.4. The monoisotopic (exact) mass is 207 g/mol. The van der Waals surface area contributed by atoms with Crippen LogP contribution in [0.25, 0.3) is 20.4 Å². The highest BCUT2D eigenvalue weighted by molar-refractivity contribution is 7.23. The Labute approximate surface area is 81.9 Å². The first-order chi connectivity index (χ1) is 6.34. The van der Waals surface area contributed by atoms with Crippen LogP contribution in [0.2, 0.25) is 0 Å². The molecule has 13 heavy (non-hydrogen) atoms. The summed E-state index contributed by atoms with van der Waals surface area (Å²) in [5, 5.41) is 0.621. The molecule has 3 nitrogen and oxygen atoms in total. The highest BCUT2D eigenvalue weighted by Crippen LogP contribution is 2.31. The molecule has 0 aliphatic heterocycles. The fourth-order valence-corrected chi connectivity index (χ4v) is 2.92. The first-order valence-corrected chi connectivity index (χ1v) is 5.42. The molecule has 0 aliphatic carbocycles. The summed E-state index contributed by atoms with van der Waals surface area (Å²) in [5.41, 5.74) is 9.47. The van der Waals surface area contributed by atoms with Gasteiger partial charge in [-0.25, -0.2) is 9.97 Å². The van der Waals surface area contributed by atoms with Crippen molar-refractivity contribution < 1.29 is 0 Å². The lowest BCUT2D eigenvalue weighted by Gasteiger charge is -1.87. The SMILES string of the molecule is Nc1nc2c(ccc3ncsc32)s1. The number of nitrogen functional groups attached to an aromatic ring is 1. The third-order valence-corrected chi connectivity index (χ3v) is 3.57. The van der Waals surface area contributed by atoms with Gasteiger partial charge in [0.25, 0.3) is 0 Å². The lowest BCUT2D eigenvalue weighted by atomic mass is 10.3. The van der Waals surface area contributed by atoms with Gasteiger partial charge in [-0.05, 0) is 12.1 Å². The van der Waals surface area contributed by atoms with E-state index in [0.717, 1.165) is 20.4 Å². The van der Waals surface area contributed by atoms with Gasteiger partial charge < -0.3 is 5.73 Å². The molecule has 1 aromatic carbocycles. The van der Waals surface area contributed by atoms with Crippen molar-refractivity contribution in [2.24, 2.45) is 0 Å². The molecule has 0 amide bonds. The van der Waals surface area contributed by atoms with E-state index in [4.69, 9.17) is 5.73 Å².